The predicted molar refractivity (Wildman–Crippen MR) is 126 cm³/mol. The molecule has 0 aliphatic heterocycles. The van der Waals surface area contributed by atoms with Crippen LogP contribution in [0.1, 0.15) is 47.0 Å². The molecule has 3 atom stereocenters. The molecule has 0 fully saturated rings. The number of aliphatic carboxylic acids is 5. The molecule has 0 aromatic rings. The van der Waals surface area contributed by atoms with Gasteiger partial charge in [-0.05, 0) is 12.3 Å². The lowest BCUT2D eigenvalue weighted by Gasteiger charge is -2.24. The van der Waals surface area contributed by atoms with Crippen LogP contribution in [0, 0.1) is 5.92 Å². The lowest BCUT2D eigenvalue weighted by atomic mass is 9.96. The second-order valence-electron chi connectivity index (χ2n) is 9.11. The molecular formula is C22H41NO15. The first-order valence-electron chi connectivity index (χ1n) is 11.1. The van der Waals surface area contributed by atoms with Gasteiger partial charge in [0.1, 0.15) is 13.2 Å². The van der Waals surface area contributed by atoms with Crippen molar-refractivity contribution in [3.05, 3.63) is 0 Å². The third-order valence-electron chi connectivity index (χ3n) is 3.85. The Kier molecular flexibility index (Phi) is 22.7. The molecule has 0 saturated carbocycles. The minimum absolute atomic E-state index is 0.0606. The first-order chi connectivity index (χ1) is 16.9. The molecule has 0 bridgehead atoms. The lowest BCUT2D eigenvalue weighted by molar-refractivity contribution is -0.870. The molecular weight excluding hydrogens is 518 g/mol. The van der Waals surface area contributed by atoms with Crippen molar-refractivity contribution in [1.29, 1.82) is 0 Å². The first kappa shape index (κ1) is 41.8. The molecule has 16 nitrogen and oxygen atoms in total. The molecule has 0 aromatic heterocycles. The molecule has 0 aliphatic carbocycles. The highest BCUT2D eigenvalue weighted by Crippen LogP contribution is 2.17. The fourth-order valence-electron chi connectivity index (χ4n) is 1.63. The fourth-order valence-corrected chi connectivity index (χ4v) is 1.63. The van der Waals surface area contributed by atoms with Crippen LogP contribution in [0.3, 0.4) is 0 Å². The lowest BCUT2D eigenvalue weighted by Crippen LogP contribution is -2.43. The molecule has 16 heteroatoms. The van der Waals surface area contributed by atoms with E-state index in [1.807, 2.05) is 21.1 Å². The van der Waals surface area contributed by atoms with Crippen LogP contribution in [0.5, 0.6) is 0 Å². The molecule has 0 aliphatic rings. The van der Waals surface area contributed by atoms with Crippen LogP contribution in [-0.4, -0.2) is 128 Å². The number of carbonyl (C=O) groups is 6. The molecule has 0 heterocycles. The van der Waals surface area contributed by atoms with Crippen molar-refractivity contribution in [1.82, 2.24) is 0 Å². The highest BCUT2D eigenvalue weighted by atomic mass is 16.5. The Morgan fingerprint density at radius 1 is 0.921 bits per heavy atom. The van der Waals surface area contributed by atoms with Crippen molar-refractivity contribution in [2.75, 3.05) is 34.3 Å². The van der Waals surface area contributed by atoms with Crippen LogP contribution in [0.4, 0.5) is 0 Å². The molecule has 0 amide bonds. The zero-order chi connectivity index (χ0) is 31.4. The fraction of sp³-hybridized carbons (Fsp3) is 0.727. The van der Waals surface area contributed by atoms with Gasteiger partial charge in [-0.25, -0.2) is 9.59 Å². The number of aliphatic hydroxyl groups is 3. The topological polar surface area (TPSA) is 276 Å². The number of rotatable bonds is 12. The maximum absolute atomic E-state index is 11.4. The summed E-state index contributed by atoms with van der Waals surface area (Å²) in [6.07, 6.45) is -4.19. The van der Waals surface area contributed by atoms with Gasteiger partial charge in [0.25, 0.3) is 5.97 Å². The third-order valence-corrected chi connectivity index (χ3v) is 3.85. The van der Waals surface area contributed by atoms with Gasteiger partial charge in [0.05, 0.1) is 46.1 Å². The summed E-state index contributed by atoms with van der Waals surface area (Å²) in [5.41, 5.74) is -2.64. The average Bonchev–Trinajstić information content (AvgIpc) is 2.70. The van der Waals surface area contributed by atoms with E-state index in [9.17, 15) is 34.2 Å². The van der Waals surface area contributed by atoms with E-state index in [2.05, 4.69) is 0 Å². The van der Waals surface area contributed by atoms with Crippen molar-refractivity contribution >= 4 is 35.8 Å². The van der Waals surface area contributed by atoms with E-state index < -0.39 is 66.5 Å². The number of nitrogens with zero attached hydrogens (tertiary/aromatic N) is 1. The molecule has 3 unspecified atom stereocenters. The maximum Gasteiger partial charge on any atom is 0.336 e. The number of carbonyl (C=O) groups excluding carboxylic acids is 2. The van der Waals surface area contributed by atoms with E-state index in [1.165, 1.54) is 0 Å². The predicted octanol–water partition coefficient (Wildman–Crippen LogP) is -2.40. The van der Waals surface area contributed by atoms with Gasteiger partial charge in [0.15, 0.2) is 11.7 Å². The summed E-state index contributed by atoms with van der Waals surface area (Å²) in [4.78, 5) is 61.1. The summed E-state index contributed by atoms with van der Waals surface area (Å²) < 4.78 is 5.32. The maximum atomic E-state index is 11.4. The Labute approximate surface area is 220 Å². The normalized spacial score (nSPS) is 13.3. The summed E-state index contributed by atoms with van der Waals surface area (Å²) in [5.74, 6) is -7.87. The van der Waals surface area contributed by atoms with Gasteiger partial charge >= 0.3 is 23.9 Å². The molecule has 0 saturated heterocycles. The Morgan fingerprint density at radius 3 is 1.53 bits per heavy atom. The second-order valence-corrected chi connectivity index (χ2v) is 9.11. The Hall–Kier alpha value is -3.34. The van der Waals surface area contributed by atoms with Crippen molar-refractivity contribution in [2.45, 2.75) is 64.8 Å². The third kappa shape index (κ3) is 28.9. The number of ether oxygens (including phenoxy) is 1. The van der Waals surface area contributed by atoms with E-state index in [0.29, 0.717) is 11.0 Å². The zero-order valence-electron chi connectivity index (χ0n) is 22.6. The minimum Gasteiger partial charge on any atom is -0.547 e. The second kappa shape index (κ2) is 20.7. The highest BCUT2D eigenvalue weighted by molar-refractivity contribution is 5.88. The van der Waals surface area contributed by atoms with Gasteiger partial charge in [-0.1, -0.05) is 20.8 Å². The van der Waals surface area contributed by atoms with Crippen LogP contribution >= 0.6 is 0 Å². The van der Waals surface area contributed by atoms with Crippen LogP contribution in [0.2, 0.25) is 0 Å². The number of hydrogen-bond donors (Lipinski definition) is 7. The van der Waals surface area contributed by atoms with E-state index in [1.54, 1.807) is 20.8 Å². The van der Waals surface area contributed by atoms with Gasteiger partial charge in [-0.3, -0.25) is 14.4 Å². The molecule has 0 spiro atoms. The zero-order valence-corrected chi connectivity index (χ0v) is 22.6. The van der Waals surface area contributed by atoms with Crippen molar-refractivity contribution < 1.29 is 78.8 Å². The number of hydrogen-bond acceptors (Lipinski definition) is 11. The van der Waals surface area contributed by atoms with E-state index in [4.69, 9.17) is 40.2 Å². The molecule has 0 radical (unpaired) electrons. The number of esters is 1. The summed E-state index contributed by atoms with van der Waals surface area (Å²) in [7, 11) is 5.64. The number of carboxylic acids is 5. The van der Waals surface area contributed by atoms with E-state index in [0.717, 1.165) is 6.92 Å². The van der Waals surface area contributed by atoms with E-state index >= 15 is 0 Å². The molecule has 38 heavy (non-hydrogen) atoms. The molecule has 0 rings (SSSR count). The van der Waals surface area contributed by atoms with Gasteiger partial charge in [0, 0.05) is 6.92 Å². The Morgan fingerprint density at radius 2 is 1.34 bits per heavy atom. The summed E-state index contributed by atoms with van der Waals surface area (Å²) in [6, 6.07) is 0. The quantitative estimate of drug-likeness (QED) is 0.0969. The van der Waals surface area contributed by atoms with Crippen LogP contribution in [0.25, 0.3) is 0 Å². The van der Waals surface area contributed by atoms with Crippen molar-refractivity contribution in [3.8, 4) is 0 Å². The van der Waals surface area contributed by atoms with Gasteiger partial charge < -0.3 is 54.9 Å². The first-order valence-corrected chi connectivity index (χ1v) is 11.1. The molecule has 7 N–H and O–H groups in total. The molecule has 224 valence electrons. The number of quaternary nitrogens is 1. The minimum atomic E-state index is -2.64. The van der Waals surface area contributed by atoms with Gasteiger partial charge in [-0.15, -0.1) is 0 Å². The van der Waals surface area contributed by atoms with Crippen LogP contribution in [0.15, 0.2) is 0 Å². The SMILES string of the molecule is CC(=O)O.CC(C)C(O)C(=O)[O-].CCC(O)C(=O)O.C[N+](C)(C)CCOC(=O)CC(O)(CC(=O)O)C(=O)O. The molecule has 0 aromatic carbocycles. The van der Waals surface area contributed by atoms with Crippen LogP contribution in [-0.2, 0) is 33.5 Å². The smallest absolute Gasteiger partial charge is 0.336 e. The van der Waals surface area contributed by atoms with E-state index in [-0.39, 0.29) is 18.9 Å². The van der Waals surface area contributed by atoms with Gasteiger partial charge in [-0.2, -0.15) is 0 Å². The standard InChI is InChI=1S/C11H19NO7.C5H10O3.C4H8O3.C2H4O2/c1-12(2,3)4-5-19-9(15)7-11(18,10(16)17)6-8(13)14;1-3(2)4(6)5(7)8;1-2-3(5)4(6)7;1-2(3)4/h18H,4-7H2,1-3H3,(H-,13,14,16,17);3-4,6H,1-2H3,(H,7,8);3,5H,2H2,1H3,(H,6,7);1H3,(H,3,4). The van der Waals surface area contributed by atoms with Crippen LogP contribution < -0.4 is 5.11 Å². The summed E-state index contributed by atoms with van der Waals surface area (Å²) >= 11 is 0. The van der Waals surface area contributed by atoms with Crippen molar-refractivity contribution in [2.24, 2.45) is 5.92 Å². The monoisotopic (exact) mass is 559 g/mol. The van der Waals surface area contributed by atoms with Crippen molar-refractivity contribution in [3.63, 3.8) is 0 Å². The summed E-state index contributed by atoms with van der Waals surface area (Å²) in [6.45, 7) is 6.49. The highest BCUT2D eigenvalue weighted by Gasteiger charge is 2.41. The number of carboxylic acid groups (broad SMARTS) is 5. The largest absolute Gasteiger partial charge is 0.547 e. The Bertz CT molecular complexity index is 756. The van der Waals surface area contributed by atoms with Gasteiger partial charge in [0.2, 0.25) is 0 Å². The summed E-state index contributed by atoms with van der Waals surface area (Å²) in [5, 5.41) is 68.9. The number of likely N-dealkylation sites (N-methyl/N-ethyl adjacent to an activating group) is 1. The number of aliphatic hydroxyl groups excluding tert-OH is 2. The Balaban J connectivity index is -0.000000249. The average molecular weight is 560 g/mol.